The lowest BCUT2D eigenvalue weighted by molar-refractivity contribution is -0.132. The Kier molecular flexibility index (Phi) is 4.48. The molecule has 1 aliphatic heterocycles. The molecule has 0 aliphatic carbocycles. The summed E-state index contributed by atoms with van der Waals surface area (Å²) in [5.41, 5.74) is 3.35. The van der Waals surface area contributed by atoms with Gasteiger partial charge in [-0.25, -0.2) is 0 Å². The van der Waals surface area contributed by atoms with Crippen molar-refractivity contribution in [1.82, 2.24) is 4.90 Å². The molecule has 0 spiro atoms. The van der Waals surface area contributed by atoms with Gasteiger partial charge in [0.05, 0.1) is 6.10 Å². The number of hydrogen-bond donors (Lipinski definition) is 1. The Bertz CT molecular complexity index is 494. The zero-order valence-electron chi connectivity index (χ0n) is 12.9. The second-order valence-electron chi connectivity index (χ2n) is 6.56. The Morgan fingerprint density at radius 2 is 1.85 bits per heavy atom. The minimum Gasteiger partial charge on any atom is -0.388 e. The normalized spacial score (nSPS) is 15.8. The number of nitrogens with zero attached hydrogens (tertiary/aromatic N) is 1. The molecule has 0 saturated carbocycles. The highest BCUT2D eigenvalue weighted by Gasteiger charge is 2.24. The number of fused-ring (bicyclic) bond motifs is 1. The quantitative estimate of drug-likeness (QED) is 0.916. The summed E-state index contributed by atoms with van der Waals surface area (Å²) in [6.45, 7) is 9.54. The summed E-state index contributed by atoms with van der Waals surface area (Å²) >= 11 is 0. The van der Waals surface area contributed by atoms with Crippen molar-refractivity contribution < 1.29 is 9.90 Å². The number of benzene rings is 1. The van der Waals surface area contributed by atoms with Gasteiger partial charge in [-0.2, -0.15) is 0 Å². The Morgan fingerprint density at radius 3 is 2.45 bits per heavy atom. The molecule has 20 heavy (non-hydrogen) atoms. The van der Waals surface area contributed by atoms with Crippen LogP contribution in [0.25, 0.3) is 0 Å². The van der Waals surface area contributed by atoms with E-state index >= 15 is 0 Å². The van der Waals surface area contributed by atoms with E-state index in [1.54, 1.807) is 0 Å². The summed E-state index contributed by atoms with van der Waals surface area (Å²) < 4.78 is 0. The number of rotatable bonds is 4. The molecule has 1 amide bonds. The van der Waals surface area contributed by atoms with Crippen LogP contribution in [-0.2, 0) is 17.9 Å². The Hall–Kier alpha value is -1.35. The molecule has 110 valence electrons. The van der Waals surface area contributed by atoms with Gasteiger partial charge in [0.2, 0.25) is 5.91 Å². The van der Waals surface area contributed by atoms with Gasteiger partial charge in [0.25, 0.3) is 0 Å². The van der Waals surface area contributed by atoms with Crippen LogP contribution >= 0.6 is 0 Å². The first kappa shape index (κ1) is 15.0. The van der Waals surface area contributed by atoms with E-state index < -0.39 is 6.10 Å². The van der Waals surface area contributed by atoms with Crippen LogP contribution in [-0.4, -0.2) is 15.9 Å². The monoisotopic (exact) mass is 275 g/mol. The number of carbonyl (C=O) groups excluding carboxylic acids is 1. The molecule has 1 atom stereocenters. The van der Waals surface area contributed by atoms with Crippen LogP contribution < -0.4 is 0 Å². The van der Waals surface area contributed by atoms with Gasteiger partial charge in [0.15, 0.2) is 0 Å². The van der Waals surface area contributed by atoms with Gasteiger partial charge in [-0.1, -0.05) is 45.9 Å². The molecule has 1 heterocycles. The summed E-state index contributed by atoms with van der Waals surface area (Å²) in [5, 5.41) is 10.1. The van der Waals surface area contributed by atoms with Gasteiger partial charge in [0, 0.05) is 19.5 Å². The lowest BCUT2D eigenvalue weighted by atomic mass is 9.96. The van der Waals surface area contributed by atoms with Gasteiger partial charge in [-0.15, -0.1) is 0 Å². The molecule has 1 aromatic carbocycles. The molecule has 1 N–H and O–H groups in total. The van der Waals surface area contributed by atoms with E-state index in [0.29, 0.717) is 25.4 Å². The van der Waals surface area contributed by atoms with Crippen molar-refractivity contribution in [2.45, 2.75) is 53.3 Å². The molecular formula is C17H25NO2. The van der Waals surface area contributed by atoms with Crippen LogP contribution in [0, 0.1) is 11.8 Å². The lowest BCUT2D eigenvalue weighted by Gasteiger charge is -2.16. The topological polar surface area (TPSA) is 40.5 Å². The molecular weight excluding hydrogens is 250 g/mol. The highest BCUT2D eigenvalue weighted by atomic mass is 16.3. The molecule has 3 nitrogen and oxygen atoms in total. The van der Waals surface area contributed by atoms with E-state index in [-0.39, 0.29) is 11.8 Å². The number of aliphatic hydroxyl groups is 1. The van der Waals surface area contributed by atoms with Crippen molar-refractivity contribution in [1.29, 1.82) is 0 Å². The Morgan fingerprint density at radius 1 is 1.20 bits per heavy atom. The second kappa shape index (κ2) is 5.96. The molecule has 2 rings (SSSR count). The van der Waals surface area contributed by atoms with Crippen molar-refractivity contribution in [2.24, 2.45) is 11.8 Å². The van der Waals surface area contributed by atoms with Gasteiger partial charge < -0.3 is 10.0 Å². The third kappa shape index (κ3) is 3.21. The smallest absolute Gasteiger partial charge is 0.223 e. The molecule has 3 heteroatoms. The summed E-state index contributed by atoms with van der Waals surface area (Å²) in [6, 6.07) is 6.10. The standard InChI is InChI=1S/C17H25NO2/c1-11(2)7-16(19)18-9-14-6-5-13(8-15(14)10-18)17(20)12(3)4/h5-6,8,11-12,17,20H,7,9-10H2,1-4H3. The SMILES string of the molecule is CC(C)CC(=O)N1Cc2ccc(C(O)C(C)C)cc2C1. The molecule has 1 unspecified atom stereocenters. The lowest BCUT2D eigenvalue weighted by Crippen LogP contribution is -2.26. The van der Waals surface area contributed by atoms with Crippen LogP contribution in [0.1, 0.15) is 56.9 Å². The molecule has 0 fully saturated rings. The molecule has 0 aromatic heterocycles. The zero-order chi connectivity index (χ0) is 14.9. The maximum atomic E-state index is 12.1. The average molecular weight is 275 g/mol. The third-order valence-corrected chi connectivity index (χ3v) is 3.86. The van der Waals surface area contributed by atoms with Crippen molar-refractivity contribution in [3.8, 4) is 0 Å². The number of hydrogen-bond acceptors (Lipinski definition) is 2. The van der Waals surface area contributed by atoms with Crippen molar-refractivity contribution in [3.63, 3.8) is 0 Å². The van der Waals surface area contributed by atoms with Crippen LogP contribution in [0.15, 0.2) is 18.2 Å². The zero-order valence-corrected chi connectivity index (χ0v) is 12.9. The summed E-state index contributed by atoms with van der Waals surface area (Å²) in [5.74, 6) is 0.819. The average Bonchev–Trinajstić information content (AvgIpc) is 2.79. The molecule has 0 radical (unpaired) electrons. The number of carbonyl (C=O) groups is 1. The number of aliphatic hydroxyl groups excluding tert-OH is 1. The van der Waals surface area contributed by atoms with E-state index in [4.69, 9.17) is 0 Å². The largest absolute Gasteiger partial charge is 0.388 e. The molecule has 0 bridgehead atoms. The minimum atomic E-state index is -0.430. The summed E-state index contributed by atoms with van der Waals surface area (Å²) in [6.07, 6.45) is 0.177. The predicted octanol–water partition coefficient (Wildman–Crippen LogP) is 3.26. The van der Waals surface area contributed by atoms with E-state index in [2.05, 4.69) is 26.0 Å². The van der Waals surface area contributed by atoms with Gasteiger partial charge in [-0.3, -0.25) is 4.79 Å². The molecule has 1 aliphatic rings. The van der Waals surface area contributed by atoms with Crippen LogP contribution in [0.4, 0.5) is 0 Å². The molecule has 1 aromatic rings. The molecule has 0 saturated heterocycles. The van der Waals surface area contributed by atoms with E-state index in [1.165, 1.54) is 11.1 Å². The Labute approximate surface area is 121 Å². The van der Waals surface area contributed by atoms with Gasteiger partial charge >= 0.3 is 0 Å². The minimum absolute atomic E-state index is 0.202. The van der Waals surface area contributed by atoms with Crippen LogP contribution in [0.2, 0.25) is 0 Å². The van der Waals surface area contributed by atoms with Gasteiger partial charge in [0.1, 0.15) is 0 Å². The summed E-state index contributed by atoms with van der Waals surface area (Å²) in [4.78, 5) is 14.0. The van der Waals surface area contributed by atoms with E-state index in [9.17, 15) is 9.90 Å². The Balaban J connectivity index is 2.11. The van der Waals surface area contributed by atoms with Crippen molar-refractivity contribution >= 4 is 5.91 Å². The predicted molar refractivity (Wildman–Crippen MR) is 79.9 cm³/mol. The first-order chi connectivity index (χ1) is 9.38. The first-order valence-corrected chi connectivity index (χ1v) is 7.46. The maximum absolute atomic E-state index is 12.1. The van der Waals surface area contributed by atoms with Crippen LogP contribution in [0.5, 0.6) is 0 Å². The van der Waals surface area contributed by atoms with Crippen molar-refractivity contribution in [3.05, 3.63) is 34.9 Å². The van der Waals surface area contributed by atoms with E-state index in [0.717, 1.165) is 5.56 Å². The summed E-state index contributed by atoms with van der Waals surface area (Å²) in [7, 11) is 0. The fourth-order valence-electron chi connectivity index (χ4n) is 2.64. The maximum Gasteiger partial charge on any atom is 0.223 e. The van der Waals surface area contributed by atoms with Crippen LogP contribution in [0.3, 0.4) is 0 Å². The number of amides is 1. The van der Waals surface area contributed by atoms with Gasteiger partial charge in [-0.05, 0) is 28.5 Å². The van der Waals surface area contributed by atoms with E-state index in [1.807, 2.05) is 24.8 Å². The highest BCUT2D eigenvalue weighted by molar-refractivity contribution is 5.77. The fraction of sp³-hybridized carbons (Fsp3) is 0.588. The highest BCUT2D eigenvalue weighted by Crippen LogP contribution is 2.29. The second-order valence-corrected chi connectivity index (χ2v) is 6.56. The van der Waals surface area contributed by atoms with Crippen molar-refractivity contribution in [2.75, 3.05) is 0 Å². The fourth-order valence-corrected chi connectivity index (χ4v) is 2.64. The first-order valence-electron chi connectivity index (χ1n) is 7.46. The third-order valence-electron chi connectivity index (χ3n) is 3.86.